The summed E-state index contributed by atoms with van der Waals surface area (Å²) in [6, 6.07) is 6.81. The fraction of sp³-hybridized carbons (Fsp3) is 0.273. The lowest BCUT2D eigenvalue weighted by Crippen LogP contribution is -2.31. The van der Waals surface area contributed by atoms with Gasteiger partial charge < -0.3 is 16.4 Å². The number of benzene rings is 1. The Bertz CT molecular complexity index is 379. The molecule has 4 N–H and O–H groups in total. The van der Waals surface area contributed by atoms with Gasteiger partial charge in [-0.05, 0) is 24.7 Å². The number of halogens is 1. The molecule has 0 bridgehead atoms. The van der Waals surface area contributed by atoms with Crippen LogP contribution >= 0.6 is 12.4 Å². The van der Waals surface area contributed by atoms with E-state index in [1.807, 2.05) is 0 Å². The highest BCUT2D eigenvalue weighted by Gasteiger charge is 2.01. The first-order chi connectivity index (χ1) is 7.63. The van der Waals surface area contributed by atoms with E-state index in [1.54, 1.807) is 31.3 Å². The fourth-order valence-electron chi connectivity index (χ4n) is 1.21. The van der Waals surface area contributed by atoms with Gasteiger partial charge >= 0.3 is 0 Å². The number of carbonyl (C=O) groups excluding carboxylic acids is 2. The van der Waals surface area contributed by atoms with Crippen molar-refractivity contribution in [2.75, 3.05) is 13.6 Å². The monoisotopic (exact) mass is 257 g/mol. The van der Waals surface area contributed by atoms with Gasteiger partial charge in [0.05, 0.1) is 6.54 Å². The Morgan fingerprint density at radius 1 is 1.24 bits per heavy atom. The molecule has 5 nitrogen and oxygen atoms in total. The van der Waals surface area contributed by atoms with Gasteiger partial charge in [0.15, 0.2) is 0 Å². The third-order valence-electron chi connectivity index (χ3n) is 2.07. The predicted octanol–water partition coefficient (Wildman–Crippen LogP) is 0.0429. The number of hydrogen-bond donors (Lipinski definition) is 3. The molecule has 0 saturated heterocycles. The maximum atomic E-state index is 11.1. The van der Waals surface area contributed by atoms with Crippen molar-refractivity contribution in [2.24, 2.45) is 5.73 Å². The summed E-state index contributed by atoms with van der Waals surface area (Å²) in [5.41, 5.74) is 6.50. The van der Waals surface area contributed by atoms with Gasteiger partial charge in [-0.3, -0.25) is 9.59 Å². The Morgan fingerprint density at radius 3 is 2.29 bits per heavy atom. The molecular formula is C11H16ClN3O2. The number of primary amides is 1. The van der Waals surface area contributed by atoms with Crippen LogP contribution in [0.1, 0.15) is 15.9 Å². The zero-order chi connectivity index (χ0) is 12.0. The molecule has 1 aromatic carbocycles. The maximum absolute atomic E-state index is 11.1. The van der Waals surface area contributed by atoms with E-state index >= 15 is 0 Å². The summed E-state index contributed by atoms with van der Waals surface area (Å²) in [7, 11) is 1.71. The summed E-state index contributed by atoms with van der Waals surface area (Å²) < 4.78 is 0. The minimum absolute atomic E-state index is 0. The number of carbonyl (C=O) groups is 2. The molecule has 0 unspecified atom stereocenters. The molecule has 0 spiro atoms. The standard InChI is InChI=1S/C11H15N3O2.ClH/c1-13-7-10(15)14-6-8-2-4-9(5-3-8)11(12)16;/h2-5,13H,6-7H2,1H3,(H2,12,16)(H,14,15);1H. The first kappa shape index (κ1) is 15.4. The Balaban J connectivity index is 0.00000256. The highest BCUT2D eigenvalue weighted by Crippen LogP contribution is 2.03. The van der Waals surface area contributed by atoms with Crippen LogP contribution in [-0.2, 0) is 11.3 Å². The Hall–Kier alpha value is -1.59. The van der Waals surface area contributed by atoms with Crippen LogP contribution in [-0.4, -0.2) is 25.4 Å². The van der Waals surface area contributed by atoms with E-state index in [1.165, 1.54) is 0 Å². The van der Waals surface area contributed by atoms with E-state index < -0.39 is 5.91 Å². The number of nitrogens with two attached hydrogens (primary N) is 1. The molecule has 0 aliphatic rings. The quantitative estimate of drug-likeness (QED) is 0.697. The van der Waals surface area contributed by atoms with Crippen LogP contribution in [0.2, 0.25) is 0 Å². The number of hydrogen-bond acceptors (Lipinski definition) is 3. The highest BCUT2D eigenvalue weighted by molar-refractivity contribution is 5.92. The average molecular weight is 258 g/mol. The molecule has 0 aromatic heterocycles. The van der Waals surface area contributed by atoms with E-state index in [2.05, 4.69) is 10.6 Å². The zero-order valence-corrected chi connectivity index (χ0v) is 10.3. The van der Waals surface area contributed by atoms with Crippen LogP contribution in [0.15, 0.2) is 24.3 Å². The molecule has 1 aromatic rings. The van der Waals surface area contributed by atoms with E-state index in [4.69, 9.17) is 5.73 Å². The molecule has 0 radical (unpaired) electrons. The third kappa shape index (κ3) is 5.33. The number of nitrogens with one attached hydrogen (secondary N) is 2. The van der Waals surface area contributed by atoms with Crippen molar-refractivity contribution in [3.63, 3.8) is 0 Å². The van der Waals surface area contributed by atoms with Crippen molar-refractivity contribution in [2.45, 2.75) is 6.54 Å². The van der Waals surface area contributed by atoms with Gasteiger partial charge in [0.25, 0.3) is 0 Å². The minimum atomic E-state index is -0.453. The lowest BCUT2D eigenvalue weighted by atomic mass is 10.1. The van der Waals surface area contributed by atoms with Crippen molar-refractivity contribution < 1.29 is 9.59 Å². The molecule has 1 rings (SSSR count). The Labute approximate surface area is 106 Å². The molecular weight excluding hydrogens is 242 g/mol. The second-order valence-electron chi connectivity index (χ2n) is 3.37. The summed E-state index contributed by atoms with van der Waals surface area (Å²) >= 11 is 0. The summed E-state index contributed by atoms with van der Waals surface area (Å²) in [4.78, 5) is 22.0. The number of likely N-dealkylation sites (N-methyl/N-ethyl adjacent to an activating group) is 1. The topological polar surface area (TPSA) is 84.2 Å². The molecule has 2 amide bonds. The smallest absolute Gasteiger partial charge is 0.248 e. The van der Waals surface area contributed by atoms with Gasteiger partial charge in [-0.25, -0.2) is 0 Å². The Morgan fingerprint density at radius 2 is 1.82 bits per heavy atom. The van der Waals surface area contributed by atoms with Gasteiger partial charge in [-0.1, -0.05) is 12.1 Å². The van der Waals surface area contributed by atoms with E-state index in [-0.39, 0.29) is 18.3 Å². The summed E-state index contributed by atoms with van der Waals surface area (Å²) in [6.07, 6.45) is 0. The van der Waals surface area contributed by atoms with Crippen LogP contribution in [0.4, 0.5) is 0 Å². The predicted molar refractivity (Wildman–Crippen MR) is 68.0 cm³/mol. The van der Waals surface area contributed by atoms with Gasteiger partial charge in [-0.2, -0.15) is 0 Å². The summed E-state index contributed by atoms with van der Waals surface area (Å²) in [6.45, 7) is 0.735. The van der Waals surface area contributed by atoms with Crippen LogP contribution in [0, 0.1) is 0 Å². The summed E-state index contributed by atoms with van der Waals surface area (Å²) in [5, 5.41) is 5.49. The molecule has 94 valence electrons. The molecule has 0 aliphatic carbocycles. The van der Waals surface area contributed by atoms with Crippen LogP contribution < -0.4 is 16.4 Å². The fourth-order valence-corrected chi connectivity index (χ4v) is 1.21. The molecule has 17 heavy (non-hydrogen) atoms. The first-order valence-electron chi connectivity index (χ1n) is 4.93. The second-order valence-corrected chi connectivity index (χ2v) is 3.37. The van der Waals surface area contributed by atoms with Crippen LogP contribution in [0.5, 0.6) is 0 Å². The lowest BCUT2D eigenvalue weighted by Gasteiger charge is -2.05. The number of amides is 2. The minimum Gasteiger partial charge on any atom is -0.366 e. The zero-order valence-electron chi connectivity index (χ0n) is 9.53. The maximum Gasteiger partial charge on any atom is 0.248 e. The van der Waals surface area contributed by atoms with E-state index in [9.17, 15) is 9.59 Å². The van der Waals surface area contributed by atoms with Gasteiger partial charge in [0.2, 0.25) is 11.8 Å². The van der Waals surface area contributed by atoms with Crippen molar-refractivity contribution in [3.8, 4) is 0 Å². The molecule has 0 saturated carbocycles. The van der Waals surface area contributed by atoms with Crippen molar-refractivity contribution in [1.29, 1.82) is 0 Å². The SMILES string of the molecule is CNCC(=O)NCc1ccc(C(N)=O)cc1.Cl. The normalized spacial score (nSPS) is 9.24. The molecule has 0 atom stereocenters. The van der Waals surface area contributed by atoms with Gasteiger partial charge in [0, 0.05) is 12.1 Å². The summed E-state index contributed by atoms with van der Waals surface area (Å²) in [5.74, 6) is -0.521. The molecule has 0 fully saturated rings. The second kappa shape index (κ2) is 7.65. The van der Waals surface area contributed by atoms with Crippen molar-refractivity contribution in [1.82, 2.24) is 10.6 Å². The molecule has 6 heteroatoms. The van der Waals surface area contributed by atoms with Gasteiger partial charge in [-0.15, -0.1) is 12.4 Å². The van der Waals surface area contributed by atoms with Crippen molar-refractivity contribution >= 4 is 24.2 Å². The first-order valence-corrected chi connectivity index (χ1v) is 4.93. The van der Waals surface area contributed by atoms with E-state index in [0.29, 0.717) is 18.7 Å². The van der Waals surface area contributed by atoms with Crippen molar-refractivity contribution in [3.05, 3.63) is 35.4 Å². The van der Waals surface area contributed by atoms with Gasteiger partial charge in [0.1, 0.15) is 0 Å². The molecule has 0 heterocycles. The van der Waals surface area contributed by atoms with Crippen LogP contribution in [0.25, 0.3) is 0 Å². The molecule has 0 aliphatic heterocycles. The number of rotatable bonds is 5. The lowest BCUT2D eigenvalue weighted by molar-refractivity contribution is -0.120. The van der Waals surface area contributed by atoms with E-state index in [0.717, 1.165) is 5.56 Å². The average Bonchev–Trinajstić information content (AvgIpc) is 2.27. The Kier molecular flexibility index (Phi) is 6.93. The van der Waals surface area contributed by atoms with Crippen LogP contribution in [0.3, 0.4) is 0 Å². The highest BCUT2D eigenvalue weighted by atomic mass is 35.5. The third-order valence-corrected chi connectivity index (χ3v) is 2.07. The largest absolute Gasteiger partial charge is 0.366 e.